The Hall–Kier alpha value is -0.610. The third kappa shape index (κ3) is 5.04. The summed E-state index contributed by atoms with van der Waals surface area (Å²) in [7, 11) is 0. The van der Waals surface area contributed by atoms with Crippen molar-refractivity contribution in [2.45, 2.75) is 45.6 Å². The highest BCUT2D eigenvalue weighted by atomic mass is 16.2. The maximum Gasteiger partial charge on any atom is 0.236 e. The molecule has 0 saturated heterocycles. The lowest BCUT2D eigenvalue weighted by atomic mass is 10.3. The molecule has 4 heteroatoms. The highest BCUT2D eigenvalue weighted by molar-refractivity contribution is 5.78. The second kappa shape index (κ2) is 7.67. The highest BCUT2D eigenvalue weighted by Crippen LogP contribution is 2.26. The molecule has 1 fully saturated rings. The van der Waals surface area contributed by atoms with Crippen molar-refractivity contribution in [2.24, 2.45) is 0 Å². The van der Waals surface area contributed by atoms with Crippen LogP contribution < -0.4 is 0 Å². The van der Waals surface area contributed by atoms with E-state index >= 15 is 0 Å². The molecule has 0 radical (unpaired) electrons. The van der Waals surface area contributed by atoms with Crippen LogP contribution in [0.15, 0.2) is 0 Å². The normalized spacial score (nSPS) is 15.3. The maximum absolute atomic E-state index is 12.0. The molecule has 1 aliphatic rings. The van der Waals surface area contributed by atoms with Crippen LogP contribution in [-0.2, 0) is 4.79 Å². The summed E-state index contributed by atoms with van der Waals surface area (Å²) in [6.45, 7) is 7.39. The molecule has 0 aromatic carbocycles. The Labute approximate surface area is 105 Å². The summed E-state index contributed by atoms with van der Waals surface area (Å²) >= 11 is 0. The molecule has 100 valence electrons. The topological polar surface area (TPSA) is 43.8 Å². The molecule has 1 aliphatic carbocycles. The number of carbonyl (C=O) groups is 1. The van der Waals surface area contributed by atoms with E-state index < -0.39 is 0 Å². The van der Waals surface area contributed by atoms with E-state index in [1.165, 1.54) is 12.8 Å². The second-order valence-electron chi connectivity index (χ2n) is 4.70. The van der Waals surface area contributed by atoms with E-state index in [0.29, 0.717) is 12.6 Å². The molecule has 1 saturated carbocycles. The fourth-order valence-electron chi connectivity index (χ4n) is 2.11. The minimum atomic E-state index is 0.242. The number of aliphatic hydroxyl groups is 1. The van der Waals surface area contributed by atoms with E-state index in [2.05, 4.69) is 4.90 Å². The van der Waals surface area contributed by atoms with Crippen LogP contribution in [0.5, 0.6) is 0 Å². The Kier molecular flexibility index (Phi) is 6.52. The zero-order valence-corrected chi connectivity index (χ0v) is 11.2. The quantitative estimate of drug-likeness (QED) is 0.616. The standard InChI is InChI=1S/C13H26N2O2/c1-3-14(4-2)13(17)11-15(12-7-8-12)9-5-6-10-16/h12,16H,3-11H2,1-2H3. The molecule has 1 amide bonds. The summed E-state index contributed by atoms with van der Waals surface area (Å²) in [6, 6.07) is 0.619. The first-order valence-corrected chi connectivity index (χ1v) is 6.85. The van der Waals surface area contributed by atoms with Gasteiger partial charge < -0.3 is 10.0 Å². The Balaban J connectivity index is 2.34. The average molecular weight is 242 g/mol. The molecule has 0 aromatic rings. The Bertz CT molecular complexity index is 225. The summed E-state index contributed by atoms with van der Waals surface area (Å²) in [6.07, 6.45) is 4.27. The molecule has 0 unspecified atom stereocenters. The summed E-state index contributed by atoms with van der Waals surface area (Å²) in [5.74, 6) is 0.242. The number of amides is 1. The predicted molar refractivity (Wildman–Crippen MR) is 68.8 cm³/mol. The molecule has 1 N–H and O–H groups in total. The number of hydrogen-bond acceptors (Lipinski definition) is 3. The maximum atomic E-state index is 12.0. The van der Waals surface area contributed by atoms with Gasteiger partial charge in [-0.05, 0) is 46.1 Å². The lowest BCUT2D eigenvalue weighted by molar-refractivity contribution is -0.132. The van der Waals surface area contributed by atoms with Gasteiger partial charge in [0, 0.05) is 25.7 Å². The Morgan fingerprint density at radius 2 is 1.88 bits per heavy atom. The van der Waals surface area contributed by atoms with E-state index in [1.54, 1.807) is 0 Å². The molecule has 0 spiro atoms. The van der Waals surface area contributed by atoms with Crippen molar-refractivity contribution in [1.29, 1.82) is 0 Å². The van der Waals surface area contributed by atoms with Crippen molar-refractivity contribution in [3.8, 4) is 0 Å². The van der Waals surface area contributed by atoms with Gasteiger partial charge in [-0.25, -0.2) is 0 Å². The average Bonchev–Trinajstić information content (AvgIpc) is 3.13. The van der Waals surface area contributed by atoms with Gasteiger partial charge in [-0.3, -0.25) is 9.69 Å². The van der Waals surface area contributed by atoms with Crippen LogP contribution in [0.1, 0.15) is 39.5 Å². The van der Waals surface area contributed by atoms with Crippen molar-refractivity contribution in [1.82, 2.24) is 9.80 Å². The smallest absolute Gasteiger partial charge is 0.236 e. The molecule has 0 atom stereocenters. The van der Waals surface area contributed by atoms with Gasteiger partial charge in [0.1, 0.15) is 0 Å². The van der Waals surface area contributed by atoms with Crippen LogP contribution in [-0.4, -0.2) is 59.6 Å². The van der Waals surface area contributed by atoms with E-state index in [0.717, 1.165) is 32.5 Å². The van der Waals surface area contributed by atoms with Gasteiger partial charge in [-0.1, -0.05) is 0 Å². The first-order valence-electron chi connectivity index (χ1n) is 6.85. The molecular weight excluding hydrogens is 216 g/mol. The summed E-state index contributed by atoms with van der Waals surface area (Å²) in [5.41, 5.74) is 0. The van der Waals surface area contributed by atoms with Gasteiger partial charge in [0.25, 0.3) is 0 Å². The molecule has 0 heterocycles. The van der Waals surface area contributed by atoms with Crippen molar-refractivity contribution in [2.75, 3.05) is 32.8 Å². The van der Waals surface area contributed by atoms with Crippen LogP contribution >= 0.6 is 0 Å². The lowest BCUT2D eigenvalue weighted by Gasteiger charge is -2.25. The van der Waals surface area contributed by atoms with Crippen LogP contribution in [0.25, 0.3) is 0 Å². The fraction of sp³-hybridized carbons (Fsp3) is 0.923. The summed E-state index contributed by atoms with van der Waals surface area (Å²) in [4.78, 5) is 16.2. The predicted octanol–water partition coefficient (Wildman–Crippen LogP) is 1.09. The van der Waals surface area contributed by atoms with E-state index in [9.17, 15) is 4.79 Å². The number of hydrogen-bond donors (Lipinski definition) is 1. The number of carbonyl (C=O) groups excluding carboxylic acids is 1. The zero-order chi connectivity index (χ0) is 12.7. The molecule has 4 nitrogen and oxygen atoms in total. The van der Waals surface area contributed by atoms with Crippen LogP contribution in [0.2, 0.25) is 0 Å². The van der Waals surface area contributed by atoms with Gasteiger partial charge in [0.15, 0.2) is 0 Å². The first kappa shape index (κ1) is 14.5. The van der Waals surface area contributed by atoms with Gasteiger partial charge in [0.05, 0.1) is 6.54 Å². The number of unbranched alkanes of at least 4 members (excludes halogenated alkanes) is 1. The monoisotopic (exact) mass is 242 g/mol. The number of rotatable bonds is 9. The summed E-state index contributed by atoms with van der Waals surface area (Å²) in [5, 5.41) is 8.79. The minimum absolute atomic E-state index is 0.242. The lowest BCUT2D eigenvalue weighted by Crippen LogP contribution is -2.41. The van der Waals surface area contributed by atoms with Crippen LogP contribution in [0.4, 0.5) is 0 Å². The van der Waals surface area contributed by atoms with Gasteiger partial charge in [-0.2, -0.15) is 0 Å². The van der Waals surface area contributed by atoms with Crippen molar-refractivity contribution in [3.63, 3.8) is 0 Å². The molecular formula is C13H26N2O2. The van der Waals surface area contributed by atoms with Gasteiger partial charge in [0.2, 0.25) is 5.91 Å². The van der Waals surface area contributed by atoms with E-state index in [-0.39, 0.29) is 12.5 Å². The fourth-order valence-corrected chi connectivity index (χ4v) is 2.11. The van der Waals surface area contributed by atoms with Crippen molar-refractivity contribution < 1.29 is 9.90 Å². The molecule has 1 rings (SSSR count). The van der Waals surface area contributed by atoms with E-state index in [1.807, 2.05) is 18.7 Å². The molecule has 0 aromatic heterocycles. The first-order chi connectivity index (χ1) is 8.22. The number of nitrogens with zero attached hydrogens (tertiary/aromatic N) is 2. The van der Waals surface area contributed by atoms with Crippen LogP contribution in [0.3, 0.4) is 0 Å². The highest BCUT2D eigenvalue weighted by Gasteiger charge is 2.30. The number of likely N-dealkylation sites (N-methyl/N-ethyl adjacent to an activating group) is 1. The van der Waals surface area contributed by atoms with Gasteiger partial charge >= 0.3 is 0 Å². The number of aliphatic hydroxyl groups excluding tert-OH is 1. The minimum Gasteiger partial charge on any atom is -0.396 e. The second-order valence-corrected chi connectivity index (χ2v) is 4.70. The van der Waals surface area contributed by atoms with E-state index in [4.69, 9.17) is 5.11 Å². The Morgan fingerprint density at radius 3 is 2.35 bits per heavy atom. The summed E-state index contributed by atoms with van der Waals surface area (Å²) < 4.78 is 0. The third-order valence-corrected chi connectivity index (χ3v) is 3.37. The molecule has 0 aliphatic heterocycles. The van der Waals surface area contributed by atoms with Crippen molar-refractivity contribution in [3.05, 3.63) is 0 Å². The molecule has 0 bridgehead atoms. The third-order valence-electron chi connectivity index (χ3n) is 3.37. The largest absolute Gasteiger partial charge is 0.396 e. The Morgan fingerprint density at radius 1 is 1.24 bits per heavy atom. The zero-order valence-electron chi connectivity index (χ0n) is 11.2. The SMILES string of the molecule is CCN(CC)C(=O)CN(CCCCO)C1CC1. The van der Waals surface area contributed by atoms with Gasteiger partial charge in [-0.15, -0.1) is 0 Å². The van der Waals surface area contributed by atoms with Crippen LogP contribution in [0, 0.1) is 0 Å². The molecule has 17 heavy (non-hydrogen) atoms. The van der Waals surface area contributed by atoms with Crippen molar-refractivity contribution >= 4 is 5.91 Å².